The van der Waals surface area contributed by atoms with Crippen LogP contribution in [0, 0.1) is 5.82 Å². The number of hydrogen-bond acceptors (Lipinski definition) is 4. The summed E-state index contributed by atoms with van der Waals surface area (Å²) in [6, 6.07) is 6.00. The number of rotatable bonds is 2. The lowest BCUT2D eigenvalue weighted by Gasteiger charge is -1.96. The summed E-state index contributed by atoms with van der Waals surface area (Å²) in [5.41, 5.74) is 6.03. The highest BCUT2D eigenvalue weighted by molar-refractivity contribution is 6.11. The zero-order valence-corrected chi connectivity index (χ0v) is 10.1. The molecule has 0 aliphatic carbocycles. The maximum absolute atomic E-state index is 13.5. The van der Waals surface area contributed by atoms with Crippen LogP contribution in [-0.4, -0.2) is 15.6 Å². The Morgan fingerprint density at radius 2 is 2.26 bits per heavy atom. The molecule has 0 bridgehead atoms. The molecule has 0 aliphatic rings. The van der Waals surface area contributed by atoms with Crippen molar-refractivity contribution >= 4 is 22.6 Å². The van der Waals surface area contributed by atoms with Crippen LogP contribution in [0.4, 0.5) is 10.2 Å². The number of nitrogens with two attached hydrogens (primary N) is 1. The van der Waals surface area contributed by atoms with Crippen molar-refractivity contribution in [3.05, 3.63) is 47.6 Å². The zero-order chi connectivity index (χ0) is 13.6. The van der Waals surface area contributed by atoms with Crippen molar-refractivity contribution in [1.82, 2.24) is 9.78 Å². The number of nitrogens with zero attached hydrogens (tertiary/aromatic N) is 2. The van der Waals surface area contributed by atoms with Crippen LogP contribution >= 0.6 is 0 Å². The zero-order valence-electron chi connectivity index (χ0n) is 10.1. The van der Waals surface area contributed by atoms with Gasteiger partial charge in [0.05, 0.1) is 11.8 Å². The van der Waals surface area contributed by atoms with Crippen molar-refractivity contribution in [2.24, 2.45) is 7.05 Å². The molecule has 0 unspecified atom stereocenters. The van der Waals surface area contributed by atoms with Crippen molar-refractivity contribution in [2.45, 2.75) is 0 Å². The van der Waals surface area contributed by atoms with Crippen LogP contribution < -0.4 is 5.73 Å². The molecule has 1 aromatic carbocycles. The summed E-state index contributed by atoms with van der Waals surface area (Å²) in [6.07, 6.45) is 1.36. The number of carbonyl (C=O) groups excluding carboxylic acids is 1. The van der Waals surface area contributed by atoms with Crippen LogP contribution in [0.2, 0.25) is 0 Å². The Hall–Kier alpha value is -2.63. The SMILES string of the molecule is Cn1ncc(C(=O)c2cc3cccc(F)c3o2)c1N. The quantitative estimate of drug-likeness (QED) is 0.715. The van der Waals surface area contributed by atoms with E-state index in [-0.39, 0.29) is 22.7 Å². The molecule has 2 N–H and O–H groups in total. The van der Waals surface area contributed by atoms with Crippen LogP contribution in [0.5, 0.6) is 0 Å². The second kappa shape index (κ2) is 3.94. The predicted octanol–water partition coefficient (Wildman–Crippen LogP) is 2.12. The topological polar surface area (TPSA) is 74.0 Å². The van der Waals surface area contributed by atoms with Crippen LogP contribution in [0.1, 0.15) is 16.1 Å². The summed E-state index contributed by atoms with van der Waals surface area (Å²) in [5, 5.41) is 4.42. The number of benzene rings is 1. The number of hydrogen-bond donors (Lipinski definition) is 1. The fourth-order valence-corrected chi connectivity index (χ4v) is 1.89. The molecule has 0 spiro atoms. The van der Waals surface area contributed by atoms with Gasteiger partial charge in [-0.2, -0.15) is 5.10 Å². The lowest BCUT2D eigenvalue weighted by molar-refractivity contribution is 0.101. The summed E-state index contributed by atoms with van der Waals surface area (Å²) in [4.78, 5) is 12.2. The highest BCUT2D eigenvalue weighted by Gasteiger charge is 2.20. The van der Waals surface area contributed by atoms with Gasteiger partial charge in [0.1, 0.15) is 5.82 Å². The molecule has 19 heavy (non-hydrogen) atoms. The molecule has 2 heterocycles. The highest BCUT2D eigenvalue weighted by atomic mass is 19.1. The van der Waals surface area contributed by atoms with Gasteiger partial charge < -0.3 is 10.2 Å². The van der Waals surface area contributed by atoms with E-state index in [0.29, 0.717) is 5.39 Å². The first kappa shape index (κ1) is 11.5. The number of nitrogen functional groups attached to an aromatic ring is 1. The molecular formula is C13H10FN3O2. The molecule has 0 aliphatic heterocycles. The van der Waals surface area contributed by atoms with Crippen LogP contribution in [0.25, 0.3) is 11.0 Å². The van der Waals surface area contributed by atoms with Crippen molar-refractivity contribution < 1.29 is 13.6 Å². The number of aryl methyl sites for hydroxylation is 1. The lowest BCUT2D eigenvalue weighted by Crippen LogP contribution is -2.05. The number of para-hydroxylation sites is 1. The third-order valence-electron chi connectivity index (χ3n) is 2.95. The molecule has 0 amide bonds. The van der Waals surface area contributed by atoms with Gasteiger partial charge in [-0.25, -0.2) is 4.39 Å². The number of aromatic nitrogens is 2. The fourth-order valence-electron chi connectivity index (χ4n) is 1.89. The van der Waals surface area contributed by atoms with E-state index in [1.165, 1.54) is 23.0 Å². The first-order valence-corrected chi connectivity index (χ1v) is 5.58. The molecule has 0 radical (unpaired) electrons. The molecule has 3 aromatic rings. The first-order valence-electron chi connectivity index (χ1n) is 5.58. The molecular weight excluding hydrogens is 249 g/mol. The third kappa shape index (κ3) is 1.69. The molecule has 0 saturated carbocycles. The fraction of sp³-hybridized carbons (Fsp3) is 0.0769. The minimum Gasteiger partial charge on any atom is -0.449 e. The average molecular weight is 259 g/mol. The minimum absolute atomic E-state index is 0.0415. The number of furan rings is 1. The van der Waals surface area contributed by atoms with Crippen molar-refractivity contribution in [3.8, 4) is 0 Å². The second-order valence-corrected chi connectivity index (χ2v) is 4.17. The largest absolute Gasteiger partial charge is 0.449 e. The van der Waals surface area contributed by atoms with Crippen molar-refractivity contribution in [2.75, 3.05) is 5.73 Å². The van der Waals surface area contributed by atoms with E-state index in [1.54, 1.807) is 19.2 Å². The van der Waals surface area contributed by atoms with Gasteiger partial charge in [-0.1, -0.05) is 12.1 Å². The van der Waals surface area contributed by atoms with Gasteiger partial charge in [0, 0.05) is 12.4 Å². The maximum Gasteiger partial charge on any atom is 0.233 e. The van der Waals surface area contributed by atoms with E-state index in [1.807, 2.05) is 0 Å². The van der Waals surface area contributed by atoms with Gasteiger partial charge in [0.15, 0.2) is 17.2 Å². The van der Waals surface area contributed by atoms with Crippen LogP contribution in [0.15, 0.2) is 34.9 Å². The molecule has 3 rings (SSSR count). The maximum atomic E-state index is 13.5. The third-order valence-corrected chi connectivity index (χ3v) is 2.95. The van der Waals surface area contributed by atoms with E-state index in [4.69, 9.17) is 10.2 Å². The Morgan fingerprint density at radius 3 is 2.89 bits per heavy atom. The number of carbonyl (C=O) groups is 1. The summed E-state index contributed by atoms with van der Waals surface area (Å²) in [6.45, 7) is 0. The van der Waals surface area contributed by atoms with Gasteiger partial charge in [0.25, 0.3) is 0 Å². The first-order chi connectivity index (χ1) is 9.08. The summed E-state index contributed by atoms with van der Waals surface area (Å²) < 4.78 is 20.2. The number of anilines is 1. The summed E-state index contributed by atoms with van der Waals surface area (Å²) in [7, 11) is 1.63. The Balaban J connectivity index is 2.12. The van der Waals surface area contributed by atoms with Gasteiger partial charge >= 0.3 is 0 Å². The van der Waals surface area contributed by atoms with E-state index < -0.39 is 11.6 Å². The van der Waals surface area contributed by atoms with E-state index in [2.05, 4.69) is 5.10 Å². The second-order valence-electron chi connectivity index (χ2n) is 4.17. The molecule has 96 valence electrons. The van der Waals surface area contributed by atoms with Crippen molar-refractivity contribution in [1.29, 1.82) is 0 Å². The molecule has 6 heteroatoms. The van der Waals surface area contributed by atoms with Gasteiger partial charge in [0.2, 0.25) is 5.78 Å². The molecule has 5 nitrogen and oxygen atoms in total. The Morgan fingerprint density at radius 1 is 1.47 bits per heavy atom. The lowest BCUT2D eigenvalue weighted by atomic mass is 10.1. The van der Waals surface area contributed by atoms with Gasteiger partial charge in [-0.05, 0) is 12.1 Å². The Kier molecular flexibility index (Phi) is 2.38. The Labute approximate surface area is 107 Å². The molecule has 0 fully saturated rings. The van der Waals surface area contributed by atoms with Crippen molar-refractivity contribution in [3.63, 3.8) is 0 Å². The standard InChI is InChI=1S/C13H10FN3O2/c1-17-13(15)8(6-16-17)11(18)10-5-7-3-2-4-9(14)12(7)19-10/h2-6H,15H2,1H3. The van der Waals surface area contributed by atoms with E-state index in [9.17, 15) is 9.18 Å². The number of fused-ring (bicyclic) bond motifs is 1. The monoisotopic (exact) mass is 259 g/mol. The Bertz CT molecular complexity index is 788. The molecule has 0 saturated heterocycles. The minimum atomic E-state index is -0.504. The van der Waals surface area contributed by atoms with Gasteiger partial charge in [-0.15, -0.1) is 0 Å². The summed E-state index contributed by atoms with van der Waals surface area (Å²) >= 11 is 0. The van der Waals surface area contributed by atoms with Crippen LogP contribution in [0.3, 0.4) is 0 Å². The van der Waals surface area contributed by atoms with E-state index in [0.717, 1.165) is 0 Å². The van der Waals surface area contributed by atoms with Gasteiger partial charge in [-0.3, -0.25) is 9.48 Å². The normalized spacial score (nSPS) is 11.1. The van der Waals surface area contributed by atoms with E-state index >= 15 is 0 Å². The van der Waals surface area contributed by atoms with Crippen LogP contribution in [-0.2, 0) is 7.05 Å². The number of ketones is 1. The predicted molar refractivity (Wildman–Crippen MR) is 67.2 cm³/mol. The highest BCUT2D eigenvalue weighted by Crippen LogP contribution is 2.25. The number of halogens is 1. The smallest absolute Gasteiger partial charge is 0.233 e. The molecule has 0 atom stereocenters. The average Bonchev–Trinajstić information content (AvgIpc) is 2.95. The summed E-state index contributed by atoms with van der Waals surface area (Å²) in [5.74, 6) is -0.636. The molecule has 2 aromatic heterocycles.